The summed E-state index contributed by atoms with van der Waals surface area (Å²) < 4.78 is 0. The highest BCUT2D eigenvalue weighted by molar-refractivity contribution is 5.94. The predicted molar refractivity (Wildman–Crippen MR) is 269 cm³/mol. The Morgan fingerprint density at radius 1 is 0.652 bits per heavy atom. The zero-order chi connectivity index (χ0) is 49.4. The topological polar surface area (TPSA) is 200 Å². The van der Waals surface area contributed by atoms with E-state index in [-0.39, 0.29) is 41.9 Å². The van der Waals surface area contributed by atoms with Crippen molar-refractivity contribution in [3.63, 3.8) is 0 Å². The molecule has 0 aliphatic carbocycles. The van der Waals surface area contributed by atoms with Crippen LogP contribution in [0.5, 0.6) is 0 Å². The van der Waals surface area contributed by atoms with Crippen molar-refractivity contribution in [2.75, 3.05) is 39.8 Å². The standard InChI is InChI=1S/C31H62N2O2.C21H37N5O5/c1-4-7-9-11-13-15-17-19-21-23-27-32-30(34)26-25-29(6-3)31(35)33-28-24-22-20-18-16-14-12-10-8-5-2;1-5-18(28)17-10-8-12-26(17)19(29)13-25(4)21(31)14(2)23-20(30)16(24-15(3)27)9-6-7-11-22/h29H,4-28H2,1-3H3,(H,32,34)(H,33,35);14,16-17H,5-13,22H2,1-4H3,(H,23,30)(H,24,27). The lowest BCUT2D eigenvalue weighted by Gasteiger charge is -2.28. The summed E-state index contributed by atoms with van der Waals surface area (Å²) in [5.41, 5.74) is 5.48. The normalized spacial score (nSPS) is 14.6. The first-order chi connectivity index (χ1) is 31.8. The Labute approximate surface area is 402 Å². The van der Waals surface area contributed by atoms with Crippen molar-refractivity contribution in [2.24, 2.45) is 11.7 Å². The molecule has 0 saturated carbocycles. The molecule has 0 bridgehead atoms. The molecule has 1 aliphatic rings. The Kier molecular flexibility index (Phi) is 39.4. The van der Waals surface area contributed by atoms with Crippen molar-refractivity contribution in [1.82, 2.24) is 31.1 Å². The third-order valence-electron chi connectivity index (χ3n) is 12.7. The van der Waals surface area contributed by atoms with Crippen molar-refractivity contribution in [1.29, 1.82) is 0 Å². The number of carbonyl (C=O) groups excluding carboxylic acids is 7. The first-order valence-corrected chi connectivity index (χ1v) is 26.7. The molecule has 1 rings (SSSR count). The number of nitrogens with one attached hydrogen (secondary N) is 4. The highest BCUT2D eigenvalue weighted by Gasteiger charge is 2.34. The van der Waals surface area contributed by atoms with Crippen molar-refractivity contribution in [3.05, 3.63) is 0 Å². The van der Waals surface area contributed by atoms with Crippen LogP contribution in [0.2, 0.25) is 0 Å². The van der Waals surface area contributed by atoms with Gasteiger partial charge < -0.3 is 36.8 Å². The second-order valence-corrected chi connectivity index (χ2v) is 18.7. The van der Waals surface area contributed by atoms with Gasteiger partial charge in [-0.25, -0.2) is 0 Å². The molecule has 4 atom stereocenters. The van der Waals surface area contributed by atoms with Gasteiger partial charge in [-0.2, -0.15) is 0 Å². The van der Waals surface area contributed by atoms with Gasteiger partial charge in [-0.3, -0.25) is 33.6 Å². The van der Waals surface area contributed by atoms with Crippen molar-refractivity contribution >= 4 is 41.2 Å². The van der Waals surface area contributed by atoms with Crippen LogP contribution in [0.4, 0.5) is 0 Å². The quantitative estimate of drug-likeness (QED) is 0.0378. The van der Waals surface area contributed by atoms with E-state index >= 15 is 0 Å². The van der Waals surface area contributed by atoms with Gasteiger partial charge in [0, 0.05) is 52.4 Å². The summed E-state index contributed by atoms with van der Waals surface area (Å²) in [5.74, 6) is -1.29. The van der Waals surface area contributed by atoms with Gasteiger partial charge in [0.05, 0.1) is 12.6 Å². The number of rotatable bonds is 39. The lowest BCUT2D eigenvalue weighted by molar-refractivity contribution is -0.143. The molecule has 14 heteroatoms. The summed E-state index contributed by atoms with van der Waals surface area (Å²) in [6, 6.07) is -2.04. The smallest absolute Gasteiger partial charge is 0.245 e. The SMILES string of the molecule is CCC(=O)C1CCCN1C(=O)CN(C)C(=O)C(C)NC(=O)C(CCCCN)NC(C)=O.CCCCCCCCCCCCNC(=O)CCC(CC)C(=O)NCCCCCCCCCCCC. The third kappa shape index (κ3) is 31.4. The number of nitrogens with two attached hydrogens (primary N) is 1. The van der Waals surface area contributed by atoms with Crippen LogP contribution < -0.4 is 27.0 Å². The monoisotopic (exact) mass is 934 g/mol. The van der Waals surface area contributed by atoms with Gasteiger partial charge in [0.15, 0.2) is 5.78 Å². The molecule has 4 unspecified atom stereocenters. The predicted octanol–water partition coefficient (Wildman–Crippen LogP) is 8.42. The van der Waals surface area contributed by atoms with E-state index in [1.165, 1.54) is 141 Å². The van der Waals surface area contributed by atoms with Crippen LogP contribution in [0.15, 0.2) is 0 Å². The van der Waals surface area contributed by atoms with Crippen LogP contribution in [0.25, 0.3) is 0 Å². The number of carbonyl (C=O) groups is 7. The summed E-state index contributed by atoms with van der Waals surface area (Å²) in [7, 11) is 1.49. The Bertz CT molecular complexity index is 1330. The molecule has 0 aromatic rings. The van der Waals surface area contributed by atoms with E-state index in [9.17, 15) is 33.6 Å². The number of ketones is 1. The van der Waals surface area contributed by atoms with Crippen LogP contribution in [0.3, 0.4) is 0 Å². The highest BCUT2D eigenvalue weighted by atomic mass is 16.2. The minimum absolute atomic E-state index is 0.0270. The molecular formula is C52H99N7O7. The van der Waals surface area contributed by atoms with Gasteiger partial charge >= 0.3 is 0 Å². The number of hydrogen-bond acceptors (Lipinski definition) is 8. The zero-order valence-corrected chi connectivity index (χ0v) is 43.2. The largest absolute Gasteiger partial charge is 0.356 e. The molecule has 0 radical (unpaired) electrons. The number of unbranched alkanes of at least 4 members (excludes halogenated alkanes) is 19. The van der Waals surface area contributed by atoms with E-state index in [0.29, 0.717) is 51.6 Å². The number of amides is 6. The molecule has 0 aromatic carbocycles. The molecule has 1 fully saturated rings. The molecule has 66 heavy (non-hydrogen) atoms. The molecule has 0 spiro atoms. The number of nitrogens with zero attached hydrogens (tertiary/aromatic N) is 2. The molecule has 384 valence electrons. The minimum Gasteiger partial charge on any atom is -0.356 e. The molecule has 6 amide bonds. The fraction of sp³-hybridized carbons (Fsp3) is 0.865. The van der Waals surface area contributed by atoms with Gasteiger partial charge in [-0.05, 0) is 71.3 Å². The lowest BCUT2D eigenvalue weighted by Crippen LogP contribution is -2.54. The maximum absolute atomic E-state index is 12.7. The van der Waals surface area contributed by atoms with Gasteiger partial charge in [-0.15, -0.1) is 0 Å². The number of hydrogen-bond donors (Lipinski definition) is 5. The Hall–Kier alpha value is -3.55. The second-order valence-electron chi connectivity index (χ2n) is 18.7. The maximum atomic E-state index is 12.7. The fourth-order valence-corrected chi connectivity index (χ4v) is 8.44. The summed E-state index contributed by atoms with van der Waals surface area (Å²) in [5, 5.41) is 11.4. The van der Waals surface area contributed by atoms with E-state index in [1.54, 1.807) is 11.8 Å². The van der Waals surface area contributed by atoms with E-state index in [0.717, 1.165) is 45.2 Å². The van der Waals surface area contributed by atoms with E-state index in [4.69, 9.17) is 5.73 Å². The molecule has 1 heterocycles. The van der Waals surface area contributed by atoms with E-state index in [2.05, 4.69) is 35.1 Å². The molecule has 1 aliphatic heterocycles. The average Bonchev–Trinajstić information content (AvgIpc) is 3.80. The molecule has 14 nitrogen and oxygen atoms in total. The van der Waals surface area contributed by atoms with Crippen molar-refractivity contribution < 1.29 is 33.6 Å². The highest BCUT2D eigenvalue weighted by Crippen LogP contribution is 2.20. The first kappa shape index (κ1) is 62.4. The van der Waals surface area contributed by atoms with E-state index in [1.807, 2.05) is 6.92 Å². The minimum atomic E-state index is -0.872. The summed E-state index contributed by atoms with van der Waals surface area (Å²) >= 11 is 0. The maximum Gasteiger partial charge on any atom is 0.245 e. The van der Waals surface area contributed by atoms with Crippen LogP contribution in [0.1, 0.15) is 228 Å². The zero-order valence-electron chi connectivity index (χ0n) is 43.2. The van der Waals surface area contributed by atoms with Gasteiger partial charge in [-0.1, -0.05) is 143 Å². The number of likely N-dealkylation sites (N-methyl/N-ethyl adjacent to an activating group) is 1. The second kappa shape index (κ2) is 41.6. The number of likely N-dealkylation sites (tertiary alicyclic amines) is 1. The van der Waals surface area contributed by atoms with E-state index < -0.39 is 29.9 Å². The molecule has 0 aromatic heterocycles. The van der Waals surface area contributed by atoms with Crippen LogP contribution in [-0.2, 0) is 33.6 Å². The van der Waals surface area contributed by atoms with Gasteiger partial charge in [0.25, 0.3) is 0 Å². The number of Topliss-reactive ketones (excluding diaryl/α,β-unsaturated/α-hetero) is 1. The Morgan fingerprint density at radius 2 is 1.17 bits per heavy atom. The average molecular weight is 934 g/mol. The van der Waals surface area contributed by atoms with Crippen LogP contribution in [0, 0.1) is 5.92 Å². The summed E-state index contributed by atoms with van der Waals surface area (Å²) in [6.07, 6.45) is 31.7. The molecule has 1 saturated heterocycles. The molecular weight excluding hydrogens is 835 g/mol. The van der Waals surface area contributed by atoms with Crippen LogP contribution in [-0.4, -0.2) is 109 Å². The molecule has 6 N–H and O–H groups in total. The van der Waals surface area contributed by atoms with Crippen LogP contribution >= 0.6 is 0 Å². The Balaban J connectivity index is 0.00000129. The van der Waals surface area contributed by atoms with Gasteiger partial charge in [0.2, 0.25) is 35.4 Å². The Morgan fingerprint density at radius 3 is 1.65 bits per heavy atom. The summed E-state index contributed by atoms with van der Waals surface area (Å²) in [6.45, 7) is 13.6. The van der Waals surface area contributed by atoms with Crippen molar-refractivity contribution in [2.45, 2.75) is 246 Å². The van der Waals surface area contributed by atoms with Crippen molar-refractivity contribution in [3.8, 4) is 0 Å². The summed E-state index contributed by atoms with van der Waals surface area (Å²) in [4.78, 5) is 88.8. The van der Waals surface area contributed by atoms with Gasteiger partial charge in [0.1, 0.15) is 12.1 Å². The lowest BCUT2D eigenvalue weighted by atomic mass is 9.99. The fourth-order valence-electron chi connectivity index (χ4n) is 8.44. The first-order valence-electron chi connectivity index (χ1n) is 26.7. The third-order valence-corrected chi connectivity index (χ3v) is 12.7.